The number of ether oxygens (including phenoxy) is 2. The highest BCUT2D eigenvalue weighted by atomic mass is 79.9. The van der Waals surface area contributed by atoms with Crippen LogP contribution >= 0.6 is 15.9 Å². The predicted octanol–water partition coefficient (Wildman–Crippen LogP) is 2.99. The molecule has 0 saturated heterocycles. The fraction of sp³-hybridized carbons (Fsp3) is 1.00. The van der Waals surface area contributed by atoms with E-state index in [1.807, 2.05) is 0 Å². The van der Waals surface area contributed by atoms with Gasteiger partial charge in [-0.05, 0) is 38.0 Å². The molecule has 0 heterocycles. The Morgan fingerprint density at radius 2 is 1.86 bits per heavy atom. The van der Waals surface area contributed by atoms with Crippen LogP contribution in [-0.2, 0) is 9.47 Å². The number of hydrogen-bond acceptors (Lipinski definition) is 2. The van der Waals surface area contributed by atoms with E-state index in [0.29, 0.717) is 12.2 Å². The van der Waals surface area contributed by atoms with E-state index < -0.39 is 0 Å². The van der Waals surface area contributed by atoms with E-state index in [2.05, 4.69) is 15.9 Å². The Morgan fingerprint density at radius 1 is 1.14 bits per heavy atom. The summed E-state index contributed by atoms with van der Waals surface area (Å²) >= 11 is 3.48. The summed E-state index contributed by atoms with van der Waals surface area (Å²) in [5.41, 5.74) is 0. The van der Waals surface area contributed by atoms with Crippen LogP contribution in [0.5, 0.6) is 0 Å². The van der Waals surface area contributed by atoms with Gasteiger partial charge in [-0.25, -0.2) is 0 Å². The summed E-state index contributed by atoms with van der Waals surface area (Å²) in [4.78, 5) is 0. The largest absolute Gasteiger partial charge is 0.379 e. The van der Waals surface area contributed by atoms with Gasteiger partial charge in [0.15, 0.2) is 0 Å². The van der Waals surface area contributed by atoms with Crippen molar-refractivity contribution in [1.29, 1.82) is 0 Å². The van der Waals surface area contributed by atoms with Gasteiger partial charge in [-0.15, -0.1) is 0 Å². The molecule has 14 heavy (non-hydrogen) atoms. The smallest absolute Gasteiger partial charge is 0.0835 e. The zero-order valence-corrected chi connectivity index (χ0v) is 10.8. The average molecular weight is 265 g/mol. The number of hydrogen-bond donors (Lipinski definition) is 0. The molecule has 1 fully saturated rings. The van der Waals surface area contributed by atoms with Crippen LogP contribution in [0.4, 0.5) is 0 Å². The molecule has 3 atom stereocenters. The molecule has 1 aliphatic carbocycles. The van der Waals surface area contributed by atoms with Crippen LogP contribution in [-0.4, -0.2) is 31.8 Å². The molecule has 0 amide bonds. The summed E-state index contributed by atoms with van der Waals surface area (Å²) < 4.78 is 10.9. The van der Waals surface area contributed by atoms with Crippen LogP contribution in [0.15, 0.2) is 0 Å². The Bertz CT molecular complexity index is 152. The highest BCUT2D eigenvalue weighted by Gasteiger charge is 2.29. The monoisotopic (exact) mass is 264 g/mol. The summed E-state index contributed by atoms with van der Waals surface area (Å²) in [5, 5.41) is 1.12. The van der Waals surface area contributed by atoms with E-state index in [9.17, 15) is 0 Å². The number of alkyl halides is 1. The number of halogens is 1. The summed E-state index contributed by atoms with van der Waals surface area (Å²) in [6.45, 7) is 0. The van der Waals surface area contributed by atoms with Gasteiger partial charge in [-0.3, -0.25) is 0 Å². The highest BCUT2D eigenvalue weighted by Crippen LogP contribution is 2.31. The van der Waals surface area contributed by atoms with Gasteiger partial charge in [0, 0.05) is 19.5 Å². The van der Waals surface area contributed by atoms with Gasteiger partial charge in [0.05, 0.1) is 12.2 Å². The topological polar surface area (TPSA) is 18.5 Å². The summed E-state index contributed by atoms with van der Waals surface area (Å²) in [5.74, 6) is 0.837. The number of rotatable bonds is 5. The molecule has 0 aromatic carbocycles. The van der Waals surface area contributed by atoms with Gasteiger partial charge in [-0.1, -0.05) is 15.9 Å². The molecule has 0 aromatic heterocycles. The molecule has 3 heteroatoms. The van der Waals surface area contributed by atoms with Crippen molar-refractivity contribution in [3.63, 3.8) is 0 Å². The summed E-state index contributed by atoms with van der Waals surface area (Å²) in [6.07, 6.45) is 6.85. The SMILES string of the molecule is COC1CCC(CCCBr)CC1OC. The molecular weight excluding hydrogens is 244 g/mol. The van der Waals surface area contributed by atoms with Crippen molar-refractivity contribution in [2.75, 3.05) is 19.5 Å². The van der Waals surface area contributed by atoms with Crippen LogP contribution in [0.1, 0.15) is 32.1 Å². The first-order chi connectivity index (χ1) is 6.81. The molecule has 1 rings (SSSR count). The summed E-state index contributed by atoms with van der Waals surface area (Å²) in [6, 6.07) is 0. The lowest BCUT2D eigenvalue weighted by Crippen LogP contribution is -2.36. The van der Waals surface area contributed by atoms with E-state index in [-0.39, 0.29) is 0 Å². The van der Waals surface area contributed by atoms with E-state index in [1.54, 1.807) is 14.2 Å². The normalized spacial score (nSPS) is 33.2. The first kappa shape index (κ1) is 12.5. The quantitative estimate of drug-likeness (QED) is 0.711. The Labute approximate surface area is 95.5 Å². The van der Waals surface area contributed by atoms with Gasteiger partial charge in [0.1, 0.15) is 0 Å². The Morgan fingerprint density at radius 3 is 2.43 bits per heavy atom. The molecule has 0 aromatic rings. The fourth-order valence-electron chi connectivity index (χ4n) is 2.33. The second-order valence-electron chi connectivity index (χ2n) is 4.06. The highest BCUT2D eigenvalue weighted by molar-refractivity contribution is 9.09. The van der Waals surface area contributed by atoms with Gasteiger partial charge in [0.25, 0.3) is 0 Å². The average Bonchev–Trinajstić information content (AvgIpc) is 2.25. The first-order valence-electron chi connectivity index (χ1n) is 5.43. The third-order valence-electron chi connectivity index (χ3n) is 3.19. The maximum Gasteiger partial charge on any atom is 0.0835 e. The zero-order valence-electron chi connectivity index (χ0n) is 9.17. The Balaban J connectivity index is 2.32. The molecular formula is C11H21BrO2. The lowest BCUT2D eigenvalue weighted by molar-refractivity contribution is -0.0710. The van der Waals surface area contributed by atoms with Crippen molar-refractivity contribution in [3.8, 4) is 0 Å². The van der Waals surface area contributed by atoms with Gasteiger partial charge >= 0.3 is 0 Å². The maximum absolute atomic E-state index is 5.47. The minimum atomic E-state index is 0.314. The predicted molar refractivity (Wildman–Crippen MR) is 62.0 cm³/mol. The van der Waals surface area contributed by atoms with E-state index in [0.717, 1.165) is 17.7 Å². The molecule has 0 N–H and O–H groups in total. The van der Waals surface area contributed by atoms with Crippen molar-refractivity contribution in [1.82, 2.24) is 0 Å². The number of methoxy groups -OCH3 is 2. The van der Waals surface area contributed by atoms with Crippen LogP contribution < -0.4 is 0 Å². The molecule has 3 unspecified atom stereocenters. The lowest BCUT2D eigenvalue weighted by atomic mass is 9.83. The molecule has 2 nitrogen and oxygen atoms in total. The third-order valence-corrected chi connectivity index (χ3v) is 3.75. The van der Waals surface area contributed by atoms with Crippen LogP contribution in [0, 0.1) is 5.92 Å². The minimum absolute atomic E-state index is 0.314. The Hall–Kier alpha value is 0.400. The fourth-order valence-corrected chi connectivity index (χ4v) is 2.65. The molecule has 0 spiro atoms. The minimum Gasteiger partial charge on any atom is -0.379 e. The molecule has 84 valence electrons. The first-order valence-corrected chi connectivity index (χ1v) is 6.55. The van der Waals surface area contributed by atoms with Crippen molar-refractivity contribution in [3.05, 3.63) is 0 Å². The molecule has 0 aliphatic heterocycles. The second kappa shape index (κ2) is 6.81. The van der Waals surface area contributed by atoms with Gasteiger partial charge in [0.2, 0.25) is 0 Å². The molecule has 0 bridgehead atoms. The molecule has 0 radical (unpaired) electrons. The van der Waals surface area contributed by atoms with Gasteiger partial charge in [-0.2, -0.15) is 0 Å². The van der Waals surface area contributed by atoms with Crippen molar-refractivity contribution in [2.45, 2.75) is 44.3 Å². The Kier molecular flexibility index (Phi) is 6.06. The molecule has 1 aliphatic rings. The van der Waals surface area contributed by atoms with E-state index >= 15 is 0 Å². The third kappa shape index (κ3) is 3.52. The van der Waals surface area contributed by atoms with Gasteiger partial charge < -0.3 is 9.47 Å². The summed E-state index contributed by atoms with van der Waals surface area (Å²) in [7, 11) is 3.58. The zero-order chi connectivity index (χ0) is 10.4. The lowest BCUT2D eigenvalue weighted by Gasteiger charge is -2.34. The van der Waals surface area contributed by atoms with Crippen molar-refractivity contribution < 1.29 is 9.47 Å². The van der Waals surface area contributed by atoms with Crippen LogP contribution in [0.2, 0.25) is 0 Å². The van der Waals surface area contributed by atoms with Crippen LogP contribution in [0.3, 0.4) is 0 Å². The van der Waals surface area contributed by atoms with Crippen LogP contribution in [0.25, 0.3) is 0 Å². The van der Waals surface area contributed by atoms with E-state index in [4.69, 9.17) is 9.47 Å². The standard InChI is InChI=1S/C11H21BrO2/c1-13-10-6-5-9(4-3-7-12)8-11(10)14-2/h9-11H,3-8H2,1-2H3. The maximum atomic E-state index is 5.47. The van der Waals surface area contributed by atoms with E-state index in [1.165, 1.54) is 25.7 Å². The van der Waals surface area contributed by atoms with Crippen molar-refractivity contribution in [2.24, 2.45) is 5.92 Å². The molecule has 1 saturated carbocycles. The van der Waals surface area contributed by atoms with Crippen molar-refractivity contribution >= 4 is 15.9 Å². The second-order valence-corrected chi connectivity index (χ2v) is 4.85.